The predicted octanol–water partition coefficient (Wildman–Crippen LogP) is 4.38. The number of hydrogen-bond donors (Lipinski definition) is 1. The quantitative estimate of drug-likeness (QED) is 0.680. The summed E-state index contributed by atoms with van der Waals surface area (Å²) in [5, 5.41) is 3.53. The van der Waals surface area contributed by atoms with Gasteiger partial charge in [-0.25, -0.2) is 4.98 Å². The van der Waals surface area contributed by atoms with E-state index in [1.165, 1.54) is 37.8 Å². The molecule has 20 heavy (non-hydrogen) atoms. The molecule has 1 heterocycles. The molecule has 0 fully saturated rings. The van der Waals surface area contributed by atoms with Gasteiger partial charge in [0.1, 0.15) is 0 Å². The van der Waals surface area contributed by atoms with Crippen LogP contribution in [0, 0.1) is 5.92 Å². The van der Waals surface area contributed by atoms with Gasteiger partial charge in [0, 0.05) is 24.8 Å². The molecule has 0 saturated heterocycles. The Hall–Kier alpha value is -0.830. The number of rotatable bonds is 9. The summed E-state index contributed by atoms with van der Waals surface area (Å²) in [6, 6.07) is 0. The third kappa shape index (κ3) is 7.68. The number of nitrogens with one attached hydrogen (secondary N) is 1. The van der Waals surface area contributed by atoms with Crippen molar-refractivity contribution in [1.29, 1.82) is 0 Å². The van der Waals surface area contributed by atoms with Crippen molar-refractivity contribution in [3.8, 4) is 0 Å². The number of unbranched alkanes of at least 4 members (excludes halogenated alkanes) is 3. The van der Waals surface area contributed by atoms with E-state index in [0.29, 0.717) is 0 Å². The Morgan fingerprint density at radius 3 is 2.50 bits per heavy atom. The van der Waals surface area contributed by atoms with Crippen LogP contribution in [0.3, 0.4) is 0 Å². The van der Waals surface area contributed by atoms with Gasteiger partial charge in [-0.2, -0.15) is 0 Å². The second-order valence-electron chi connectivity index (χ2n) is 7.28. The molecule has 3 heteroatoms. The fourth-order valence-electron chi connectivity index (χ4n) is 2.24. The Morgan fingerprint density at radius 1 is 1.15 bits per heavy atom. The van der Waals surface area contributed by atoms with Crippen LogP contribution in [0.5, 0.6) is 0 Å². The van der Waals surface area contributed by atoms with Crippen LogP contribution in [0.4, 0.5) is 0 Å². The van der Waals surface area contributed by atoms with Crippen LogP contribution in [-0.2, 0) is 13.1 Å². The smallest absolute Gasteiger partial charge is 0.0948 e. The summed E-state index contributed by atoms with van der Waals surface area (Å²) in [4.78, 5) is 4.28. The fourth-order valence-corrected chi connectivity index (χ4v) is 2.24. The van der Waals surface area contributed by atoms with Gasteiger partial charge >= 0.3 is 0 Å². The molecule has 1 aromatic rings. The number of hydrogen-bond acceptors (Lipinski definition) is 2. The normalized spacial score (nSPS) is 12.3. The monoisotopic (exact) mass is 279 g/mol. The van der Waals surface area contributed by atoms with E-state index in [1.807, 2.05) is 12.5 Å². The molecule has 0 saturated carbocycles. The number of aromatic nitrogens is 2. The van der Waals surface area contributed by atoms with E-state index < -0.39 is 0 Å². The van der Waals surface area contributed by atoms with Gasteiger partial charge in [-0.05, 0) is 33.1 Å². The first-order valence-electron chi connectivity index (χ1n) is 8.12. The van der Waals surface area contributed by atoms with Gasteiger partial charge in [-0.15, -0.1) is 0 Å². The molecule has 0 aliphatic heterocycles. The minimum atomic E-state index is 0.159. The first-order chi connectivity index (χ1) is 9.38. The van der Waals surface area contributed by atoms with Crippen LogP contribution in [-0.4, -0.2) is 15.1 Å². The average Bonchev–Trinajstić information content (AvgIpc) is 2.77. The highest BCUT2D eigenvalue weighted by molar-refractivity contribution is 4.98. The molecular weight excluding hydrogens is 246 g/mol. The Bertz CT molecular complexity index is 361. The minimum Gasteiger partial charge on any atom is -0.333 e. The molecule has 0 amide bonds. The lowest BCUT2D eigenvalue weighted by Gasteiger charge is -2.21. The summed E-state index contributed by atoms with van der Waals surface area (Å²) in [5.41, 5.74) is 1.45. The van der Waals surface area contributed by atoms with Crippen LogP contribution in [0.2, 0.25) is 0 Å². The van der Waals surface area contributed by atoms with Crippen molar-refractivity contribution in [1.82, 2.24) is 14.9 Å². The molecule has 0 unspecified atom stereocenters. The van der Waals surface area contributed by atoms with Crippen molar-refractivity contribution in [3.63, 3.8) is 0 Å². The lowest BCUT2D eigenvalue weighted by molar-refractivity contribution is 0.413. The SMILES string of the molecule is CC(C)CCCCCCn1cncc1CNC(C)(C)C. The highest BCUT2D eigenvalue weighted by Gasteiger charge is 2.10. The van der Waals surface area contributed by atoms with E-state index in [-0.39, 0.29) is 5.54 Å². The van der Waals surface area contributed by atoms with E-state index in [9.17, 15) is 0 Å². The first kappa shape index (κ1) is 17.2. The van der Waals surface area contributed by atoms with E-state index in [2.05, 4.69) is 49.5 Å². The fraction of sp³-hybridized carbons (Fsp3) is 0.824. The molecule has 1 rings (SSSR count). The van der Waals surface area contributed by atoms with Crippen molar-refractivity contribution >= 4 is 0 Å². The summed E-state index contributed by atoms with van der Waals surface area (Å²) in [5.74, 6) is 0.846. The molecule has 116 valence electrons. The topological polar surface area (TPSA) is 29.9 Å². The van der Waals surface area contributed by atoms with Gasteiger partial charge in [0.25, 0.3) is 0 Å². The number of imidazole rings is 1. The van der Waals surface area contributed by atoms with Crippen LogP contribution in [0.25, 0.3) is 0 Å². The summed E-state index contributed by atoms with van der Waals surface area (Å²) < 4.78 is 2.29. The van der Waals surface area contributed by atoms with E-state index in [1.54, 1.807) is 0 Å². The van der Waals surface area contributed by atoms with Gasteiger partial charge in [-0.3, -0.25) is 0 Å². The van der Waals surface area contributed by atoms with Crippen LogP contribution in [0.15, 0.2) is 12.5 Å². The maximum Gasteiger partial charge on any atom is 0.0948 e. The van der Waals surface area contributed by atoms with Crippen LogP contribution < -0.4 is 5.32 Å². The molecule has 1 aromatic heterocycles. The molecule has 0 aliphatic carbocycles. The largest absolute Gasteiger partial charge is 0.333 e. The highest BCUT2D eigenvalue weighted by Crippen LogP contribution is 2.11. The molecular formula is C17H33N3. The minimum absolute atomic E-state index is 0.159. The third-order valence-corrected chi connectivity index (χ3v) is 3.53. The van der Waals surface area contributed by atoms with E-state index in [0.717, 1.165) is 19.0 Å². The average molecular weight is 279 g/mol. The Morgan fingerprint density at radius 2 is 1.85 bits per heavy atom. The van der Waals surface area contributed by atoms with Gasteiger partial charge in [0.05, 0.1) is 12.0 Å². The second-order valence-corrected chi connectivity index (χ2v) is 7.28. The zero-order valence-electron chi connectivity index (χ0n) is 14.1. The number of aryl methyl sites for hydroxylation is 1. The van der Waals surface area contributed by atoms with Gasteiger partial charge in [-0.1, -0.05) is 39.5 Å². The van der Waals surface area contributed by atoms with Gasteiger partial charge in [0.15, 0.2) is 0 Å². The molecule has 0 spiro atoms. The lowest BCUT2D eigenvalue weighted by atomic mass is 10.0. The Kier molecular flexibility index (Phi) is 7.28. The highest BCUT2D eigenvalue weighted by atomic mass is 15.1. The van der Waals surface area contributed by atoms with Crippen molar-refractivity contribution in [3.05, 3.63) is 18.2 Å². The van der Waals surface area contributed by atoms with Crippen LogP contribution in [0.1, 0.15) is 72.4 Å². The van der Waals surface area contributed by atoms with Gasteiger partial charge < -0.3 is 9.88 Å². The van der Waals surface area contributed by atoms with Crippen molar-refractivity contribution < 1.29 is 0 Å². The van der Waals surface area contributed by atoms with Crippen molar-refractivity contribution in [2.24, 2.45) is 5.92 Å². The van der Waals surface area contributed by atoms with Crippen LogP contribution >= 0.6 is 0 Å². The maximum absolute atomic E-state index is 4.28. The molecule has 0 radical (unpaired) electrons. The Labute approximate surface area is 125 Å². The van der Waals surface area contributed by atoms with Gasteiger partial charge in [0.2, 0.25) is 0 Å². The molecule has 0 atom stereocenters. The second kappa shape index (κ2) is 8.46. The lowest BCUT2D eigenvalue weighted by Crippen LogP contribution is -2.35. The summed E-state index contributed by atoms with van der Waals surface area (Å²) >= 11 is 0. The Balaban J connectivity index is 2.22. The van der Waals surface area contributed by atoms with E-state index >= 15 is 0 Å². The van der Waals surface area contributed by atoms with Crippen molar-refractivity contribution in [2.75, 3.05) is 0 Å². The first-order valence-corrected chi connectivity index (χ1v) is 8.12. The molecule has 1 N–H and O–H groups in total. The molecule has 3 nitrogen and oxygen atoms in total. The molecule has 0 aliphatic rings. The maximum atomic E-state index is 4.28. The summed E-state index contributed by atoms with van der Waals surface area (Å²) in [7, 11) is 0. The zero-order chi connectivity index (χ0) is 15.0. The predicted molar refractivity (Wildman–Crippen MR) is 86.7 cm³/mol. The molecule has 0 aromatic carbocycles. The summed E-state index contributed by atoms with van der Waals surface area (Å²) in [6.45, 7) is 13.2. The van der Waals surface area contributed by atoms with E-state index in [4.69, 9.17) is 0 Å². The third-order valence-electron chi connectivity index (χ3n) is 3.53. The zero-order valence-corrected chi connectivity index (χ0v) is 14.1. The standard InChI is InChI=1S/C17H33N3/c1-15(2)10-8-6-7-9-11-20-14-18-12-16(20)13-19-17(3,4)5/h12,14-15,19H,6-11,13H2,1-5H3. The molecule has 0 bridgehead atoms. The number of nitrogens with zero attached hydrogens (tertiary/aromatic N) is 2. The van der Waals surface area contributed by atoms with Crippen molar-refractivity contribution in [2.45, 2.75) is 85.4 Å². The summed E-state index contributed by atoms with van der Waals surface area (Å²) in [6.07, 6.45) is 10.6.